The van der Waals surface area contributed by atoms with Crippen LogP contribution in [0.15, 0.2) is 24.4 Å². The van der Waals surface area contributed by atoms with Crippen LogP contribution in [0.25, 0.3) is 16.8 Å². The van der Waals surface area contributed by atoms with Crippen molar-refractivity contribution in [1.82, 2.24) is 19.3 Å². The van der Waals surface area contributed by atoms with Crippen molar-refractivity contribution in [3.8, 4) is 0 Å². The minimum atomic E-state index is 0.856. The van der Waals surface area contributed by atoms with Crippen molar-refractivity contribution in [2.24, 2.45) is 7.05 Å². The van der Waals surface area contributed by atoms with Crippen molar-refractivity contribution in [2.75, 3.05) is 7.05 Å². The second-order valence-corrected chi connectivity index (χ2v) is 4.67. The molecule has 1 aromatic carbocycles. The van der Waals surface area contributed by atoms with E-state index in [1.54, 1.807) is 0 Å². The van der Waals surface area contributed by atoms with Gasteiger partial charge in [-0.3, -0.25) is 4.40 Å². The quantitative estimate of drug-likeness (QED) is 0.763. The van der Waals surface area contributed by atoms with Crippen LogP contribution >= 0.6 is 0 Å². The molecule has 0 saturated heterocycles. The first kappa shape index (κ1) is 11.3. The largest absolute Gasteiger partial charge is 0.316 e. The summed E-state index contributed by atoms with van der Waals surface area (Å²) >= 11 is 0. The first-order valence-corrected chi connectivity index (χ1v) is 6.34. The Morgan fingerprint density at radius 2 is 2.17 bits per heavy atom. The Labute approximate surface area is 106 Å². The van der Waals surface area contributed by atoms with Crippen molar-refractivity contribution in [3.63, 3.8) is 0 Å². The molecule has 0 radical (unpaired) electrons. The number of aromatic nitrogens is 3. The van der Waals surface area contributed by atoms with E-state index in [2.05, 4.69) is 52.7 Å². The second-order valence-electron chi connectivity index (χ2n) is 4.67. The van der Waals surface area contributed by atoms with Gasteiger partial charge in [-0.25, -0.2) is 4.98 Å². The molecule has 3 rings (SSSR count). The van der Waals surface area contributed by atoms with Crippen LogP contribution in [0, 0.1) is 0 Å². The number of benzene rings is 1. The third-order valence-corrected chi connectivity index (χ3v) is 3.51. The predicted molar refractivity (Wildman–Crippen MR) is 73.8 cm³/mol. The number of hydrogen-bond acceptors (Lipinski definition) is 2. The summed E-state index contributed by atoms with van der Waals surface area (Å²) in [6.07, 6.45) is 3.22. The molecule has 2 heterocycles. The molecule has 18 heavy (non-hydrogen) atoms. The smallest absolute Gasteiger partial charge is 0.214 e. The Morgan fingerprint density at radius 1 is 1.33 bits per heavy atom. The van der Waals surface area contributed by atoms with Crippen molar-refractivity contribution in [1.29, 1.82) is 0 Å². The molecule has 3 aromatic rings. The molecule has 0 aliphatic rings. The zero-order chi connectivity index (χ0) is 12.7. The minimum absolute atomic E-state index is 0.856. The fraction of sp³-hybridized carbons (Fsp3) is 0.357. The fourth-order valence-corrected chi connectivity index (χ4v) is 2.42. The van der Waals surface area contributed by atoms with Crippen LogP contribution in [0.1, 0.15) is 18.2 Å². The maximum Gasteiger partial charge on any atom is 0.214 e. The van der Waals surface area contributed by atoms with Gasteiger partial charge in [0.1, 0.15) is 0 Å². The van der Waals surface area contributed by atoms with Gasteiger partial charge < -0.3 is 9.88 Å². The highest BCUT2D eigenvalue weighted by Crippen LogP contribution is 2.20. The summed E-state index contributed by atoms with van der Waals surface area (Å²) in [5, 5.41) is 3.18. The first-order chi connectivity index (χ1) is 8.74. The summed E-state index contributed by atoms with van der Waals surface area (Å²) in [6, 6.07) is 6.50. The third-order valence-electron chi connectivity index (χ3n) is 3.51. The van der Waals surface area contributed by atoms with Crippen molar-refractivity contribution in [2.45, 2.75) is 19.9 Å². The second kappa shape index (κ2) is 4.14. The van der Waals surface area contributed by atoms with Gasteiger partial charge in [-0.15, -0.1) is 0 Å². The van der Waals surface area contributed by atoms with E-state index in [0.29, 0.717) is 0 Å². The molecule has 0 aliphatic carbocycles. The molecule has 94 valence electrons. The van der Waals surface area contributed by atoms with E-state index in [1.807, 2.05) is 7.05 Å². The highest BCUT2D eigenvalue weighted by atomic mass is 15.2. The molecule has 4 heteroatoms. The van der Waals surface area contributed by atoms with E-state index < -0.39 is 0 Å². The van der Waals surface area contributed by atoms with Crippen LogP contribution in [0.3, 0.4) is 0 Å². The van der Waals surface area contributed by atoms with E-state index in [0.717, 1.165) is 24.3 Å². The topological polar surface area (TPSA) is 34.3 Å². The number of rotatable bonds is 3. The number of nitrogens with zero attached hydrogens (tertiary/aromatic N) is 3. The highest BCUT2D eigenvalue weighted by Gasteiger charge is 2.11. The first-order valence-electron chi connectivity index (χ1n) is 6.34. The summed E-state index contributed by atoms with van der Waals surface area (Å²) in [4.78, 5) is 4.69. The average molecular weight is 242 g/mol. The monoisotopic (exact) mass is 242 g/mol. The van der Waals surface area contributed by atoms with Crippen molar-refractivity contribution in [3.05, 3.63) is 35.7 Å². The summed E-state index contributed by atoms with van der Waals surface area (Å²) in [6.45, 7) is 3.03. The summed E-state index contributed by atoms with van der Waals surface area (Å²) in [5.74, 6) is 1.00. The molecule has 4 nitrogen and oxygen atoms in total. The standard InChI is InChI=1S/C14H18N4/c1-4-10-5-6-12-13(7-10)18-9-11(8-15-2)17(3)14(18)16-12/h5-7,9,15H,4,8H2,1-3H3. The SMILES string of the molecule is CCc1ccc2nc3n(C)c(CNC)cn3c2c1. The molecule has 2 aromatic heterocycles. The molecule has 0 fully saturated rings. The fourth-order valence-electron chi connectivity index (χ4n) is 2.42. The lowest BCUT2D eigenvalue weighted by Crippen LogP contribution is -2.08. The Balaban J connectivity index is 2.29. The van der Waals surface area contributed by atoms with Crippen molar-refractivity contribution < 1.29 is 0 Å². The van der Waals surface area contributed by atoms with E-state index in [1.165, 1.54) is 16.8 Å². The molecule has 0 amide bonds. The number of fused-ring (bicyclic) bond motifs is 3. The third kappa shape index (κ3) is 1.53. The molecule has 0 aliphatic heterocycles. The van der Waals surface area contributed by atoms with Crippen LogP contribution in [-0.2, 0) is 20.0 Å². The van der Waals surface area contributed by atoms with Crippen molar-refractivity contribution >= 4 is 16.8 Å². The van der Waals surface area contributed by atoms with Crippen LogP contribution < -0.4 is 5.32 Å². The normalized spacial score (nSPS) is 11.7. The van der Waals surface area contributed by atoms with Gasteiger partial charge in [0.05, 0.1) is 16.7 Å². The lowest BCUT2D eigenvalue weighted by atomic mass is 10.1. The maximum absolute atomic E-state index is 4.69. The van der Waals surface area contributed by atoms with Crippen LogP contribution in [0.4, 0.5) is 0 Å². The zero-order valence-corrected chi connectivity index (χ0v) is 11.1. The van der Waals surface area contributed by atoms with E-state index in [9.17, 15) is 0 Å². The van der Waals surface area contributed by atoms with E-state index >= 15 is 0 Å². The Bertz CT molecular complexity index is 705. The van der Waals surface area contributed by atoms with Crippen LogP contribution in [0.5, 0.6) is 0 Å². The Hall–Kier alpha value is -1.81. The van der Waals surface area contributed by atoms with E-state index in [-0.39, 0.29) is 0 Å². The molecular formula is C14H18N4. The van der Waals surface area contributed by atoms with Gasteiger partial charge in [0.2, 0.25) is 5.78 Å². The van der Waals surface area contributed by atoms with Gasteiger partial charge in [0.25, 0.3) is 0 Å². The van der Waals surface area contributed by atoms with Gasteiger partial charge >= 0.3 is 0 Å². The molecule has 0 spiro atoms. The van der Waals surface area contributed by atoms with Gasteiger partial charge in [0, 0.05) is 19.8 Å². The number of imidazole rings is 2. The molecule has 1 N–H and O–H groups in total. The number of aryl methyl sites for hydroxylation is 2. The van der Waals surface area contributed by atoms with Gasteiger partial charge in [-0.05, 0) is 31.2 Å². The molecular weight excluding hydrogens is 224 g/mol. The summed E-state index contributed by atoms with van der Waals surface area (Å²) in [7, 11) is 4.03. The van der Waals surface area contributed by atoms with Crippen LogP contribution in [-0.4, -0.2) is 21.0 Å². The minimum Gasteiger partial charge on any atom is -0.316 e. The number of hydrogen-bond donors (Lipinski definition) is 1. The number of nitrogens with one attached hydrogen (secondary N) is 1. The predicted octanol–water partition coefficient (Wildman–Crippen LogP) is 2.11. The lowest BCUT2D eigenvalue weighted by molar-refractivity contribution is 0.742. The highest BCUT2D eigenvalue weighted by molar-refractivity contribution is 5.80. The Morgan fingerprint density at radius 3 is 2.89 bits per heavy atom. The molecule has 0 saturated carbocycles. The Kier molecular flexibility index (Phi) is 2.59. The van der Waals surface area contributed by atoms with Crippen LogP contribution in [0.2, 0.25) is 0 Å². The van der Waals surface area contributed by atoms with Gasteiger partial charge in [0.15, 0.2) is 0 Å². The van der Waals surface area contributed by atoms with E-state index in [4.69, 9.17) is 4.98 Å². The zero-order valence-electron chi connectivity index (χ0n) is 11.1. The average Bonchev–Trinajstić information content (AvgIpc) is 2.88. The lowest BCUT2D eigenvalue weighted by Gasteiger charge is -1.99. The summed E-state index contributed by atoms with van der Waals surface area (Å²) < 4.78 is 4.32. The molecule has 0 unspecified atom stereocenters. The maximum atomic E-state index is 4.69. The van der Waals surface area contributed by atoms with Gasteiger partial charge in [-0.2, -0.15) is 0 Å². The summed E-state index contributed by atoms with van der Waals surface area (Å²) in [5.41, 5.74) is 4.85. The molecule has 0 atom stereocenters. The van der Waals surface area contributed by atoms with Gasteiger partial charge in [-0.1, -0.05) is 13.0 Å². The molecule has 0 bridgehead atoms.